The molecule has 0 aliphatic carbocycles. The van der Waals surface area contributed by atoms with Gasteiger partial charge in [0, 0.05) is 12.6 Å². The van der Waals surface area contributed by atoms with Crippen molar-refractivity contribution >= 4 is 22.0 Å². The van der Waals surface area contributed by atoms with Gasteiger partial charge in [-0.05, 0) is 20.8 Å². The summed E-state index contributed by atoms with van der Waals surface area (Å²) in [5.74, 6) is -0.951. The molecule has 0 aliphatic heterocycles. The minimum atomic E-state index is -3.82. The number of hydrogen-bond donors (Lipinski definition) is 2. The maximum Gasteiger partial charge on any atom is 0.408 e. The van der Waals surface area contributed by atoms with E-state index in [4.69, 9.17) is 4.74 Å². The number of ether oxygens (including phenoxy) is 1. The molecular formula is C13H22FN5O5S. The number of nitrogens with zero attached hydrogens (tertiary/aromatic N) is 3. The summed E-state index contributed by atoms with van der Waals surface area (Å²) in [7, 11) is -3.82. The van der Waals surface area contributed by atoms with Crippen LogP contribution in [0.25, 0.3) is 0 Å². The molecule has 25 heavy (non-hydrogen) atoms. The average molecular weight is 379 g/mol. The maximum absolute atomic E-state index is 12.3. The number of alkyl carbamates (subject to hydrolysis) is 1. The van der Waals surface area contributed by atoms with E-state index in [1.807, 2.05) is 0 Å². The lowest BCUT2D eigenvalue weighted by molar-refractivity contribution is -0.121. The summed E-state index contributed by atoms with van der Waals surface area (Å²) in [5.41, 5.74) is -0.523. The second-order valence-electron chi connectivity index (χ2n) is 6.30. The molecule has 1 heterocycles. The van der Waals surface area contributed by atoms with E-state index in [2.05, 4.69) is 15.6 Å². The van der Waals surface area contributed by atoms with Gasteiger partial charge in [0.25, 0.3) is 5.91 Å². The first-order chi connectivity index (χ1) is 11.4. The fraction of sp³-hybridized carbons (Fsp3) is 0.692. The zero-order valence-corrected chi connectivity index (χ0v) is 15.3. The van der Waals surface area contributed by atoms with Gasteiger partial charge in [-0.3, -0.25) is 9.52 Å². The van der Waals surface area contributed by atoms with E-state index in [1.165, 1.54) is 10.9 Å². The first kappa shape index (κ1) is 20.8. The van der Waals surface area contributed by atoms with Crippen LogP contribution in [0.5, 0.6) is 0 Å². The quantitative estimate of drug-likeness (QED) is 0.668. The van der Waals surface area contributed by atoms with Crippen molar-refractivity contribution in [2.24, 2.45) is 0 Å². The normalized spacial score (nSPS) is 13.2. The van der Waals surface area contributed by atoms with Gasteiger partial charge in [0.05, 0.1) is 18.5 Å². The number of halogens is 1. The van der Waals surface area contributed by atoms with E-state index in [1.54, 1.807) is 25.5 Å². The molecule has 10 nitrogen and oxygen atoms in total. The van der Waals surface area contributed by atoms with Gasteiger partial charge in [0.15, 0.2) is 0 Å². The van der Waals surface area contributed by atoms with Gasteiger partial charge in [-0.1, -0.05) is 5.21 Å². The zero-order valence-electron chi connectivity index (χ0n) is 14.4. The molecule has 0 aromatic carbocycles. The van der Waals surface area contributed by atoms with Crippen LogP contribution in [0.3, 0.4) is 0 Å². The van der Waals surface area contributed by atoms with Crippen molar-refractivity contribution in [3.8, 4) is 0 Å². The zero-order chi connectivity index (χ0) is 19.3. The predicted molar refractivity (Wildman–Crippen MR) is 85.8 cm³/mol. The molecule has 2 N–H and O–H groups in total. The molecule has 1 aromatic rings. The van der Waals surface area contributed by atoms with Crippen molar-refractivity contribution in [3.05, 3.63) is 11.9 Å². The van der Waals surface area contributed by atoms with Gasteiger partial charge in [0.2, 0.25) is 10.0 Å². The molecule has 0 fully saturated rings. The Bertz CT molecular complexity index is 713. The highest BCUT2D eigenvalue weighted by molar-refractivity contribution is 7.89. The van der Waals surface area contributed by atoms with Crippen LogP contribution in [0.2, 0.25) is 0 Å². The Morgan fingerprint density at radius 2 is 2.04 bits per heavy atom. The summed E-state index contributed by atoms with van der Waals surface area (Å²) in [4.78, 5) is 24.0. The molecule has 0 saturated heterocycles. The molecular weight excluding hydrogens is 357 g/mol. The lowest BCUT2D eigenvalue weighted by Gasteiger charge is -2.22. The number of sulfonamides is 1. The third-order valence-electron chi connectivity index (χ3n) is 2.61. The molecule has 1 aromatic heterocycles. The molecule has 12 heteroatoms. The maximum atomic E-state index is 12.3. The largest absolute Gasteiger partial charge is 0.444 e. The Morgan fingerprint density at radius 1 is 1.40 bits per heavy atom. The number of carbonyl (C=O) groups excluding carboxylic acids is 2. The molecule has 0 saturated carbocycles. The highest BCUT2D eigenvalue weighted by atomic mass is 32.2. The van der Waals surface area contributed by atoms with Crippen molar-refractivity contribution < 1.29 is 27.1 Å². The summed E-state index contributed by atoms with van der Waals surface area (Å²) in [6, 6.07) is -1.26. The molecule has 0 radical (unpaired) electrons. The van der Waals surface area contributed by atoms with Crippen LogP contribution in [-0.2, 0) is 32.5 Å². The van der Waals surface area contributed by atoms with E-state index < -0.39 is 40.3 Å². The Labute approximate surface area is 145 Å². The second-order valence-corrected chi connectivity index (χ2v) is 8.05. The van der Waals surface area contributed by atoms with Crippen molar-refractivity contribution in [1.29, 1.82) is 0 Å². The van der Waals surface area contributed by atoms with E-state index in [0.717, 1.165) is 6.26 Å². The number of alkyl halides is 1. The van der Waals surface area contributed by atoms with E-state index >= 15 is 0 Å². The number of aromatic nitrogens is 3. The molecule has 142 valence electrons. The number of nitrogens with one attached hydrogen (secondary N) is 2. The topological polar surface area (TPSA) is 132 Å². The van der Waals surface area contributed by atoms with Gasteiger partial charge < -0.3 is 10.1 Å². The van der Waals surface area contributed by atoms with Crippen molar-refractivity contribution in [1.82, 2.24) is 25.0 Å². The lowest BCUT2D eigenvalue weighted by atomic mass is 10.1. The number of aryl methyl sites for hydroxylation is 1. The SMILES string of the molecule is CC(C)(C)OC(=O)N[C@@H](Cc1cn(CCF)nn1)C(=O)NS(C)(=O)=O. The van der Waals surface area contributed by atoms with Crippen LogP contribution in [0.15, 0.2) is 6.20 Å². The number of hydrogen-bond acceptors (Lipinski definition) is 7. The number of rotatable bonds is 7. The summed E-state index contributed by atoms with van der Waals surface area (Å²) >= 11 is 0. The van der Waals surface area contributed by atoms with Crippen LogP contribution in [0, 0.1) is 0 Å². The third kappa shape index (κ3) is 8.42. The number of carbonyl (C=O) groups is 2. The van der Waals surface area contributed by atoms with Crippen LogP contribution in [0.1, 0.15) is 26.5 Å². The van der Waals surface area contributed by atoms with Gasteiger partial charge in [-0.15, -0.1) is 5.10 Å². The van der Waals surface area contributed by atoms with E-state index in [-0.39, 0.29) is 18.7 Å². The van der Waals surface area contributed by atoms with Crippen molar-refractivity contribution in [2.75, 3.05) is 12.9 Å². The smallest absolute Gasteiger partial charge is 0.408 e. The van der Waals surface area contributed by atoms with Gasteiger partial charge in [0.1, 0.15) is 18.3 Å². The Kier molecular flexibility index (Phi) is 6.85. The first-order valence-corrected chi connectivity index (χ1v) is 9.25. The molecule has 1 rings (SSSR count). The monoisotopic (exact) mass is 379 g/mol. The van der Waals surface area contributed by atoms with Crippen LogP contribution in [0.4, 0.5) is 9.18 Å². The average Bonchev–Trinajstić information content (AvgIpc) is 2.81. The molecule has 0 aliphatic rings. The Morgan fingerprint density at radius 3 is 2.56 bits per heavy atom. The van der Waals surface area contributed by atoms with Crippen LogP contribution >= 0.6 is 0 Å². The minimum absolute atomic E-state index is 0.00725. The summed E-state index contributed by atoms with van der Waals surface area (Å²) in [6.07, 6.45) is 1.18. The van der Waals surface area contributed by atoms with Crippen molar-refractivity contribution in [3.63, 3.8) is 0 Å². The highest BCUT2D eigenvalue weighted by Gasteiger charge is 2.27. The fourth-order valence-corrected chi connectivity index (χ4v) is 2.26. The Balaban J connectivity index is 2.89. The third-order valence-corrected chi connectivity index (χ3v) is 3.18. The predicted octanol–water partition coefficient (Wildman–Crippen LogP) is -0.241. The van der Waals surface area contributed by atoms with Gasteiger partial charge >= 0.3 is 6.09 Å². The highest BCUT2D eigenvalue weighted by Crippen LogP contribution is 2.08. The summed E-state index contributed by atoms with van der Waals surface area (Å²) in [6.45, 7) is 4.27. The fourth-order valence-electron chi connectivity index (χ4n) is 1.75. The molecule has 0 unspecified atom stereocenters. The molecule has 0 spiro atoms. The standard InChI is InChI=1S/C13H22FN5O5S/c1-13(2,3)24-12(21)15-10(11(20)17-25(4,22)23)7-9-8-19(6-5-14)18-16-9/h8,10H,5-7H2,1-4H3,(H,15,21)(H,17,20)/t10-/m0/s1. The Hall–Kier alpha value is -2.24. The van der Waals surface area contributed by atoms with Crippen LogP contribution < -0.4 is 10.0 Å². The second kappa shape index (κ2) is 8.23. The lowest BCUT2D eigenvalue weighted by Crippen LogP contribution is -2.50. The molecule has 2 amide bonds. The molecule has 1 atom stereocenters. The van der Waals surface area contributed by atoms with Gasteiger partial charge in [-0.2, -0.15) is 0 Å². The molecule has 0 bridgehead atoms. The van der Waals surface area contributed by atoms with E-state index in [9.17, 15) is 22.4 Å². The number of amides is 2. The van der Waals surface area contributed by atoms with Crippen LogP contribution in [-0.4, -0.2) is 60.0 Å². The summed E-state index contributed by atoms with van der Waals surface area (Å²) < 4.78 is 42.9. The summed E-state index contributed by atoms with van der Waals surface area (Å²) in [5, 5.41) is 9.72. The van der Waals surface area contributed by atoms with Gasteiger partial charge in [-0.25, -0.2) is 22.3 Å². The minimum Gasteiger partial charge on any atom is -0.444 e. The van der Waals surface area contributed by atoms with Crippen molar-refractivity contribution in [2.45, 2.75) is 45.4 Å². The van der Waals surface area contributed by atoms with E-state index in [0.29, 0.717) is 0 Å². The first-order valence-electron chi connectivity index (χ1n) is 7.36.